The lowest BCUT2D eigenvalue weighted by molar-refractivity contribution is 0.564. The summed E-state index contributed by atoms with van der Waals surface area (Å²) in [5, 5.41) is 6.45. The van der Waals surface area contributed by atoms with E-state index >= 15 is 0 Å². The minimum atomic E-state index is -2.30. The largest absolute Gasteiger partial charge is 0.302 e. The van der Waals surface area contributed by atoms with E-state index in [0.29, 0.717) is 0 Å². The van der Waals surface area contributed by atoms with E-state index in [0.717, 1.165) is 0 Å². The van der Waals surface area contributed by atoms with Gasteiger partial charge in [-0.25, -0.2) is 4.21 Å². The Kier molecular flexibility index (Phi) is 3.67. The van der Waals surface area contributed by atoms with Crippen LogP contribution in [0.5, 0.6) is 0 Å². The maximum atomic E-state index is 10.8. The molecule has 9 heteroatoms. The van der Waals surface area contributed by atoms with Crippen LogP contribution >= 0.6 is 0 Å². The van der Waals surface area contributed by atoms with Crippen LogP contribution in [-0.2, 0) is 11.1 Å². The quantitative estimate of drug-likeness (QED) is 0.365. The number of benzene rings is 1. The molecule has 1 rings (SSSR count). The number of rotatable bonds is 3. The minimum Gasteiger partial charge on any atom is -0.302 e. The average molecular weight is 224 g/mol. The lowest BCUT2D eigenvalue weighted by Gasteiger charge is -2.02. The summed E-state index contributed by atoms with van der Waals surface area (Å²) in [4.78, 5) is 4.90. The van der Waals surface area contributed by atoms with Crippen LogP contribution in [0.1, 0.15) is 0 Å². The van der Waals surface area contributed by atoms with E-state index in [9.17, 15) is 4.21 Å². The van der Waals surface area contributed by atoms with Crippen LogP contribution in [0.25, 0.3) is 20.9 Å². The van der Waals surface area contributed by atoms with Crippen molar-refractivity contribution < 1.29 is 8.76 Å². The second-order valence-electron chi connectivity index (χ2n) is 2.25. The van der Waals surface area contributed by atoms with Crippen molar-refractivity contribution in [1.82, 2.24) is 0 Å². The summed E-state index contributed by atoms with van der Waals surface area (Å²) >= 11 is -2.30. The average Bonchev–Trinajstić information content (AvgIpc) is 2.21. The highest BCUT2D eigenvalue weighted by atomic mass is 32.2. The third-order valence-corrected chi connectivity index (χ3v) is 2.17. The van der Waals surface area contributed by atoms with Gasteiger partial charge in [-0.3, -0.25) is 0 Å². The lowest BCUT2D eigenvalue weighted by Crippen LogP contribution is -1.88. The summed E-state index contributed by atoms with van der Waals surface area (Å²) in [5.74, 6) is 0. The van der Waals surface area contributed by atoms with Crippen molar-refractivity contribution in [1.29, 1.82) is 0 Å². The van der Waals surface area contributed by atoms with Gasteiger partial charge in [0.1, 0.15) is 0 Å². The third kappa shape index (κ3) is 2.46. The Hall–Kier alpha value is -2.05. The Labute approximate surface area is 86.1 Å². The first-order valence-electron chi connectivity index (χ1n) is 3.54. The summed E-state index contributed by atoms with van der Waals surface area (Å²) in [6, 6.07) is 4.10. The van der Waals surface area contributed by atoms with Gasteiger partial charge >= 0.3 is 0 Å². The van der Waals surface area contributed by atoms with Crippen molar-refractivity contribution in [2.75, 3.05) is 0 Å². The smallest absolute Gasteiger partial charge is 0.186 e. The third-order valence-electron chi connectivity index (χ3n) is 1.46. The topological polar surface area (TPSA) is 135 Å². The van der Waals surface area contributed by atoms with E-state index in [1.807, 2.05) is 0 Å². The molecular formula is C6H4N6O2S. The highest BCUT2D eigenvalue weighted by Crippen LogP contribution is 2.33. The number of hydrogen-bond acceptors (Lipinski definition) is 3. The van der Waals surface area contributed by atoms with Gasteiger partial charge in [-0.1, -0.05) is 22.4 Å². The van der Waals surface area contributed by atoms with Gasteiger partial charge in [0.2, 0.25) is 0 Å². The van der Waals surface area contributed by atoms with Gasteiger partial charge in [-0.2, -0.15) is 0 Å². The van der Waals surface area contributed by atoms with Crippen molar-refractivity contribution in [3.8, 4) is 0 Å². The molecule has 1 N–H and O–H groups in total. The molecule has 1 atom stereocenters. The Morgan fingerprint density at radius 2 is 1.93 bits per heavy atom. The Balaban J connectivity index is 3.54. The molecule has 0 bridgehead atoms. The fourth-order valence-corrected chi connectivity index (χ4v) is 1.43. The van der Waals surface area contributed by atoms with E-state index in [4.69, 9.17) is 15.6 Å². The molecule has 0 aliphatic carbocycles. The van der Waals surface area contributed by atoms with Crippen molar-refractivity contribution in [2.24, 2.45) is 10.2 Å². The van der Waals surface area contributed by atoms with Crippen LogP contribution in [0.15, 0.2) is 33.3 Å². The fourth-order valence-electron chi connectivity index (χ4n) is 0.926. The zero-order chi connectivity index (χ0) is 11.3. The molecule has 0 aromatic heterocycles. The van der Waals surface area contributed by atoms with E-state index < -0.39 is 11.1 Å². The molecule has 0 saturated carbocycles. The molecule has 0 amide bonds. The molecule has 1 aromatic rings. The van der Waals surface area contributed by atoms with Crippen molar-refractivity contribution in [3.05, 3.63) is 39.1 Å². The van der Waals surface area contributed by atoms with Gasteiger partial charge in [0.05, 0.1) is 10.6 Å². The first kappa shape index (κ1) is 11.0. The van der Waals surface area contributed by atoms with E-state index in [1.165, 1.54) is 18.2 Å². The molecule has 8 nitrogen and oxygen atoms in total. The molecule has 15 heavy (non-hydrogen) atoms. The molecule has 0 spiro atoms. The Morgan fingerprint density at radius 1 is 1.27 bits per heavy atom. The van der Waals surface area contributed by atoms with E-state index in [1.54, 1.807) is 0 Å². The van der Waals surface area contributed by atoms with E-state index in [2.05, 4.69) is 20.1 Å². The van der Waals surface area contributed by atoms with E-state index in [-0.39, 0.29) is 16.3 Å². The minimum absolute atomic E-state index is 0.00944. The monoisotopic (exact) mass is 224 g/mol. The van der Waals surface area contributed by atoms with Crippen LogP contribution in [-0.4, -0.2) is 8.76 Å². The maximum absolute atomic E-state index is 10.8. The van der Waals surface area contributed by atoms with Crippen molar-refractivity contribution >= 4 is 22.5 Å². The molecule has 0 radical (unpaired) electrons. The summed E-state index contributed by atoms with van der Waals surface area (Å²) in [6.45, 7) is 0. The second-order valence-corrected chi connectivity index (χ2v) is 3.19. The van der Waals surface area contributed by atoms with Gasteiger partial charge in [0.15, 0.2) is 11.1 Å². The molecule has 0 fully saturated rings. The van der Waals surface area contributed by atoms with Gasteiger partial charge in [-0.05, 0) is 17.1 Å². The summed E-state index contributed by atoms with van der Waals surface area (Å²) < 4.78 is 19.7. The zero-order valence-electron chi connectivity index (χ0n) is 7.18. The Morgan fingerprint density at radius 3 is 2.47 bits per heavy atom. The molecule has 76 valence electrons. The molecule has 1 unspecified atom stereocenters. The van der Waals surface area contributed by atoms with Crippen molar-refractivity contribution in [3.63, 3.8) is 0 Å². The van der Waals surface area contributed by atoms with Crippen molar-refractivity contribution in [2.45, 2.75) is 4.90 Å². The summed E-state index contributed by atoms with van der Waals surface area (Å²) in [5.41, 5.74) is 16.4. The number of nitrogens with zero attached hydrogens (tertiary/aromatic N) is 6. The van der Waals surface area contributed by atoms with Crippen LogP contribution in [0.3, 0.4) is 0 Å². The van der Waals surface area contributed by atoms with Crippen LogP contribution in [0.2, 0.25) is 0 Å². The summed E-state index contributed by atoms with van der Waals surface area (Å²) in [7, 11) is 0. The first-order chi connectivity index (χ1) is 7.20. The molecule has 0 saturated heterocycles. The highest BCUT2D eigenvalue weighted by molar-refractivity contribution is 7.79. The second kappa shape index (κ2) is 4.99. The number of azide groups is 2. The fraction of sp³-hybridized carbons (Fsp3) is 0. The molecule has 1 aromatic carbocycles. The van der Waals surface area contributed by atoms with Crippen LogP contribution in [0, 0.1) is 0 Å². The predicted molar refractivity (Wildman–Crippen MR) is 53.1 cm³/mol. The molecular weight excluding hydrogens is 220 g/mol. The molecule has 0 aliphatic heterocycles. The lowest BCUT2D eigenvalue weighted by atomic mass is 10.3. The van der Waals surface area contributed by atoms with Gasteiger partial charge in [0.25, 0.3) is 0 Å². The summed E-state index contributed by atoms with van der Waals surface area (Å²) in [6.07, 6.45) is 0. The first-order valence-corrected chi connectivity index (χ1v) is 4.65. The SMILES string of the molecule is [N-]=[N+]=Nc1cccc(S(=O)O)c1N=[N+]=[N-]. The normalized spacial score (nSPS) is 11.0. The predicted octanol–water partition coefficient (Wildman–Crippen LogP) is 3.15. The Bertz CT molecular complexity index is 482. The van der Waals surface area contributed by atoms with Crippen LogP contribution < -0.4 is 0 Å². The van der Waals surface area contributed by atoms with Crippen LogP contribution in [0.4, 0.5) is 11.4 Å². The standard InChI is InChI=1S/C6H4N6O2S/c7-11-9-4-2-1-3-5(15(13)14)6(4)10-12-8/h1-3H,(H,13,14). The zero-order valence-corrected chi connectivity index (χ0v) is 8.00. The molecule has 0 aliphatic rings. The van der Waals surface area contributed by atoms with Gasteiger partial charge in [0, 0.05) is 15.5 Å². The highest BCUT2D eigenvalue weighted by Gasteiger charge is 2.09. The van der Waals surface area contributed by atoms with Gasteiger partial charge < -0.3 is 4.55 Å². The number of hydrogen-bond donors (Lipinski definition) is 1. The van der Waals surface area contributed by atoms with Gasteiger partial charge in [-0.15, -0.1) is 0 Å². The maximum Gasteiger partial charge on any atom is 0.186 e. The molecule has 0 heterocycles.